The Kier molecular flexibility index (Phi) is 7.49. The molecule has 1 saturated carbocycles. The highest BCUT2D eigenvalue weighted by Crippen LogP contribution is 2.46. The van der Waals surface area contributed by atoms with Gasteiger partial charge < -0.3 is 15.2 Å². The van der Waals surface area contributed by atoms with E-state index in [2.05, 4.69) is 16.7 Å². The van der Waals surface area contributed by atoms with Gasteiger partial charge >= 0.3 is 0 Å². The van der Waals surface area contributed by atoms with Gasteiger partial charge in [0.25, 0.3) is 0 Å². The highest BCUT2D eigenvalue weighted by molar-refractivity contribution is 6.03. The van der Waals surface area contributed by atoms with E-state index in [1.165, 1.54) is 6.07 Å². The number of carbonyl (C=O) groups is 2. The lowest BCUT2D eigenvalue weighted by Crippen LogP contribution is -2.30. The van der Waals surface area contributed by atoms with Crippen LogP contribution in [0.25, 0.3) is 0 Å². The van der Waals surface area contributed by atoms with E-state index in [9.17, 15) is 19.1 Å². The minimum absolute atomic E-state index is 0.0308. The summed E-state index contributed by atoms with van der Waals surface area (Å²) in [5.41, 5.74) is -0.115. The van der Waals surface area contributed by atoms with Crippen LogP contribution in [0.4, 0.5) is 4.39 Å². The Hall–Kier alpha value is -2.25. The molecule has 31 heavy (non-hydrogen) atoms. The van der Waals surface area contributed by atoms with Gasteiger partial charge in [-0.15, -0.1) is 0 Å². The predicted octanol–water partition coefficient (Wildman–Crippen LogP) is 3.33. The largest absolute Gasteiger partial charge is 0.488 e. The summed E-state index contributed by atoms with van der Waals surface area (Å²) in [4.78, 5) is 22.7. The molecular weight excluding hydrogens is 399 g/mol. The second kappa shape index (κ2) is 9.92. The van der Waals surface area contributed by atoms with E-state index < -0.39 is 11.4 Å². The Morgan fingerprint density at radius 2 is 2.06 bits per heavy atom. The fourth-order valence-electron chi connectivity index (χ4n) is 3.75. The lowest BCUT2D eigenvalue weighted by molar-refractivity contribution is -0.125. The third-order valence-electron chi connectivity index (χ3n) is 5.73. The number of amides is 2. The van der Waals surface area contributed by atoms with Gasteiger partial charge in [-0.1, -0.05) is 18.2 Å². The molecule has 6 nitrogen and oxygen atoms in total. The maximum absolute atomic E-state index is 14.1. The second-order valence-corrected chi connectivity index (χ2v) is 9.27. The van der Waals surface area contributed by atoms with Crippen LogP contribution < -0.4 is 15.4 Å². The molecule has 1 saturated heterocycles. The van der Waals surface area contributed by atoms with Crippen molar-refractivity contribution in [2.24, 2.45) is 5.92 Å². The van der Waals surface area contributed by atoms with Crippen LogP contribution >= 0.6 is 0 Å². The lowest BCUT2D eigenvalue weighted by atomic mass is 10.0. The minimum atomic E-state index is -1.02. The summed E-state index contributed by atoms with van der Waals surface area (Å²) in [6.45, 7) is 4.15. The van der Waals surface area contributed by atoms with Crippen molar-refractivity contribution in [1.82, 2.24) is 10.6 Å². The maximum atomic E-state index is 14.1. The fourth-order valence-corrected chi connectivity index (χ4v) is 3.75. The Morgan fingerprint density at radius 1 is 1.29 bits per heavy atom. The zero-order chi connectivity index (χ0) is 22.5. The fraction of sp³-hybridized carbons (Fsp3) is 0.583. The number of aliphatic hydroxyl groups is 1. The maximum Gasteiger partial charge on any atom is 0.230 e. The van der Waals surface area contributed by atoms with Crippen molar-refractivity contribution in [2.75, 3.05) is 13.2 Å². The first-order valence-corrected chi connectivity index (χ1v) is 11.1. The molecule has 3 N–H and O–H groups in total. The first-order chi connectivity index (χ1) is 14.7. The van der Waals surface area contributed by atoms with Gasteiger partial charge in [0.1, 0.15) is 6.61 Å². The van der Waals surface area contributed by atoms with Gasteiger partial charge in [-0.3, -0.25) is 14.9 Å². The Bertz CT molecular complexity index is 827. The normalized spacial score (nSPS) is 20.3. The Morgan fingerprint density at radius 3 is 2.71 bits per heavy atom. The molecule has 2 aliphatic rings. The number of ether oxygens (including phenoxy) is 1. The molecule has 1 aromatic carbocycles. The molecule has 1 aliphatic carbocycles. The molecule has 0 radical (unpaired) electrons. The molecule has 3 rings (SSSR count). The molecule has 0 spiro atoms. The van der Waals surface area contributed by atoms with Gasteiger partial charge in [-0.25, -0.2) is 4.39 Å². The van der Waals surface area contributed by atoms with Gasteiger partial charge in [0.2, 0.25) is 11.8 Å². The first-order valence-electron chi connectivity index (χ1n) is 11.1. The topological polar surface area (TPSA) is 87.7 Å². The minimum Gasteiger partial charge on any atom is -0.488 e. The number of nitrogens with one attached hydrogen (secondary N) is 2. The summed E-state index contributed by atoms with van der Waals surface area (Å²) in [6, 6.07) is 4.98. The van der Waals surface area contributed by atoms with Crippen molar-refractivity contribution in [3.63, 3.8) is 0 Å². The molecule has 0 aromatic heterocycles. The molecule has 2 fully saturated rings. The molecule has 1 atom stereocenters. The third kappa shape index (κ3) is 6.87. The molecule has 0 bridgehead atoms. The van der Waals surface area contributed by atoms with Crippen LogP contribution in [0.1, 0.15) is 64.4 Å². The van der Waals surface area contributed by atoms with Crippen LogP contribution in [0, 0.1) is 11.7 Å². The van der Waals surface area contributed by atoms with Gasteiger partial charge in [-0.2, -0.15) is 0 Å². The number of rotatable bonds is 12. The molecule has 1 aliphatic heterocycles. The van der Waals surface area contributed by atoms with Crippen molar-refractivity contribution < 1.29 is 23.8 Å². The number of hydrogen-bond acceptors (Lipinski definition) is 5. The highest BCUT2D eigenvalue weighted by Gasteiger charge is 2.44. The summed E-state index contributed by atoms with van der Waals surface area (Å²) < 4.78 is 19.6. The summed E-state index contributed by atoms with van der Waals surface area (Å²) in [5, 5.41) is 15.8. The summed E-state index contributed by atoms with van der Waals surface area (Å²) >= 11 is 0. The molecule has 7 heteroatoms. The van der Waals surface area contributed by atoms with Crippen LogP contribution in [0.2, 0.25) is 0 Å². The number of hydrogen-bond donors (Lipinski definition) is 3. The number of benzene rings is 1. The van der Waals surface area contributed by atoms with Gasteiger partial charge in [-0.05, 0) is 76.6 Å². The smallest absolute Gasteiger partial charge is 0.230 e. The van der Waals surface area contributed by atoms with Crippen LogP contribution in [0.3, 0.4) is 0 Å². The molecule has 1 heterocycles. The summed E-state index contributed by atoms with van der Waals surface area (Å²) in [5.74, 6) is -0.803. The average Bonchev–Trinajstić information content (AvgIpc) is 3.41. The molecule has 1 unspecified atom stereocenters. The summed E-state index contributed by atoms with van der Waals surface area (Å²) in [6.07, 6.45) is 9.96. The molecular formula is C24H33FN2O4. The predicted molar refractivity (Wildman–Crippen MR) is 116 cm³/mol. The number of imide groups is 1. The summed E-state index contributed by atoms with van der Waals surface area (Å²) in [7, 11) is 0. The average molecular weight is 433 g/mol. The van der Waals surface area contributed by atoms with Crippen molar-refractivity contribution in [1.29, 1.82) is 0 Å². The van der Waals surface area contributed by atoms with Crippen molar-refractivity contribution >= 4 is 11.8 Å². The van der Waals surface area contributed by atoms with Crippen molar-refractivity contribution in [2.45, 2.75) is 69.9 Å². The van der Waals surface area contributed by atoms with E-state index in [-0.39, 0.29) is 35.6 Å². The van der Waals surface area contributed by atoms with Gasteiger partial charge in [0, 0.05) is 12.0 Å². The number of carbonyl (C=O) groups excluding carboxylic acids is 2. The van der Waals surface area contributed by atoms with Crippen molar-refractivity contribution in [3.05, 3.63) is 41.7 Å². The number of halogens is 1. The first kappa shape index (κ1) is 23.4. The zero-order valence-electron chi connectivity index (χ0n) is 18.4. The quantitative estimate of drug-likeness (QED) is 0.268. The Balaban J connectivity index is 1.38. The third-order valence-corrected chi connectivity index (χ3v) is 5.73. The lowest BCUT2D eigenvalue weighted by Gasteiger charge is -2.21. The van der Waals surface area contributed by atoms with E-state index in [4.69, 9.17) is 4.74 Å². The molecule has 170 valence electrons. The SMILES string of the molecule is CC(C)(O)COc1cc(C2(NCCCC/C=C/CC3CC(=O)NC3=O)CC2)ccc1F. The van der Waals surface area contributed by atoms with Crippen LogP contribution in [0.5, 0.6) is 5.75 Å². The standard InChI is InChI=1S/C24H33FN2O4/c1-23(2,30)16-31-20-15-18(9-10-19(20)25)24(11-12-24)26-13-7-5-3-4-6-8-17-14-21(28)27-22(17)29/h4,6,9-10,15,17,26,30H,3,5,7-8,11-14,16H2,1-2H3,(H,27,28,29)/b6-4+. The van der Waals surface area contributed by atoms with Crippen LogP contribution in [-0.2, 0) is 15.1 Å². The molecule has 1 aromatic rings. The van der Waals surface area contributed by atoms with Crippen molar-refractivity contribution in [3.8, 4) is 5.75 Å². The van der Waals surface area contributed by atoms with E-state index in [1.807, 2.05) is 6.08 Å². The van der Waals surface area contributed by atoms with Gasteiger partial charge in [0.05, 0.1) is 11.5 Å². The molecule has 2 amide bonds. The monoisotopic (exact) mass is 432 g/mol. The van der Waals surface area contributed by atoms with E-state index in [0.717, 1.165) is 44.2 Å². The Labute approximate surface area is 183 Å². The zero-order valence-corrected chi connectivity index (χ0v) is 18.4. The second-order valence-electron chi connectivity index (χ2n) is 9.27. The van der Waals surface area contributed by atoms with E-state index >= 15 is 0 Å². The van der Waals surface area contributed by atoms with E-state index in [1.54, 1.807) is 26.0 Å². The number of unbranched alkanes of at least 4 members (excludes halogenated alkanes) is 2. The number of allylic oxidation sites excluding steroid dienone is 2. The van der Waals surface area contributed by atoms with Crippen LogP contribution in [-0.4, -0.2) is 35.7 Å². The van der Waals surface area contributed by atoms with Gasteiger partial charge in [0.15, 0.2) is 11.6 Å². The van der Waals surface area contributed by atoms with Crippen LogP contribution in [0.15, 0.2) is 30.4 Å². The highest BCUT2D eigenvalue weighted by atomic mass is 19.1. The van der Waals surface area contributed by atoms with E-state index in [0.29, 0.717) is 12.8 Å².